The Labute approximate surface area is 193 Å². The van der Waals surface area contributed by atoms with E-state index in [0.717, 1.165) is 25.9 Å². The number of aliphatic hydroxyl groups is 1. The van der Waals surface area contributed by atoms with Gasteiger partial charge in [-0.3, -0.25) is 4.79 Å². The molecule has 1 aliphatic carbocycles. The molecule has 1 aromatic rings. The topological polar surface area (TPSA) is 101 Å². The van der Waals surface area contributed by atoms with Gasteiger partial charge in [-0.2, -0.15) is 4.98 Å². The second-order valence-corrected chi connectivity index (χ2v) is 9.19. The number of anilines is 1. The molecule has 3 heterocycles. The zero-order valence-corrected chi connectivity index (χ0v) is 19.2. The molecule has 33 heavy (non-hydrogen) atoms. The Morgan fingerprint density at radius 2 is 2.06 bits per heavy atom. The minimum absolute atomic E-state index is 0.0959. The van der Waals surface area contributed by atoms with Gasteiger partial charge in [-0.15, -0.1) is 0 Å². The van der Waals surface area contributed by atoms with Crippen LogP contribution in [-0.4, -0.2) is 83.8 Å². The average molecular weight is 465 g/mol. The summed E-state index contributed by atoms with van der Waals surface area (Å²) < 4.78 is 31.3. The lowest BCUT2D eigenvalue weighted by molar-refractivity contribution is -0.142. The number of carbonyl (C=O) groups is 1. The fourth-order valence-corrected chi connectivity index (χ4v) is 4.11. The van der Waals surface area contributed by atoms with Gasteiger partial charge in [0, 0.05) is 44.4 Å². The Kier molecular flexibility index (Phi) is 7.64. The largest absolute Gasteiger partial charge is 0.491 e. The molecule has 9 nitrogen and oxygen atoms in total. The van der Waals surface area contributed by atoms with Gasteiger partial charge in [0.1, 0.15) is 18.5 Å². The lowest BCUT2D eigenvalue weighted by atomic mass is 9.93. The number of aromatic nitrogens is 2. The molecule has 0 saturated carbocycles. The average Bonchev–Trinajstić information content (AvgIpc) is 3.27. The molecule has 3 aliphatic rings. The summed E-state index contributed by atoms with van der Waals surface area (Å²) in [7, 11) is 0. The number of aliphatic hydroxyl groups excluding tert-OH is 1. The van der Waals surface area contributed by atoms with Crippen molar-refractivity contribution >= 4 is 11.9 Å². The molecule has 2 atom stereocenters. The van der Waals surface area contributed by atoms with Crippen LogP contribution in [0.3, 0.4) is 0 Å². The predicted octanol–water partition coefficient (Wildman–Crippen LogP) is 2.20. The Bertz CT molecular complexity index is 859. The number of hydrogen-bond donors (Lipinski definition) is 1. The first-order valence-corrected chi connectivity index (χ1v) is 11.7. The summed E-state index contributed by atoms with van der Waals surface area (Å²) in [6.45, 7) is 7.08. The van der Waals surface area contributed by atoms with Crippen molar-refractivity contribution in [1.29, 1.82) is 0 Å². The molecule has 0 spiro atoms. The van der Waals surface area contributed by atoms with Crippen molar-refractivity contribution in [3.63, 3.8) is 0 Å². The number of carbonyl (C=O) groups excluding carboxylic acids is 1. The summed E-state index contributed by atoms with van der Waals surface area (Å²) in [5, 5.41) is 13.4. The van der Waals surface area contributed by atoms with Crippen molar-refractivity contribution in [3.05, 3.63) is 29.9 Å². The number of ether oxygens (including phenoxy) is 2. The number of β-amino-alcohol motifs (C(OH)–C–C–N with tert-alkyl or cyclic N) is 1. The number of hydrogen-bond acceptors (Lipinski definition) is 8. The molecule has 1 aromatic heterocycles. The summed E-state index contributed by atoms with van der Waals surface area (Å²) in [5.74, 6) is 1.33. The molecular weight excluding hydrogens is 431 g/mol. The standard InChI is InChI=1S/C23H33FN4O5/c1-15(2)22-25-23(26-33-22)27-7-5-18(6-8-27)31-9-10-32-19-4-3-16(20(24)12-19)11-21(30)28-13-17(29)14-28/h3-4,12,15-18,20,29H,5-11,13-14H2,1-2H3. The van der Waals surface area contributed by atoms with Crippen LogP contribution in [0.15, 0.2) is 28.5 Å². The number of rotatable bonds is 9. The van der Waals surface area contributed by atoms with Gasteiger partial charge in [0.15, 0.2) is 0 Å². The van der Waals surface area contributed by atoms with E-state index in [9.17, 15) is 14.3 Å². The van der Waals surface area contributed by atoms with Gasteiger partial charge in [-0.25, -0.2) is 4.39 Å². The quantitative estimate of drug-likeness (QED) is 0.555. The van der Waals surface area contributed by atoms with E-state index in [4.69, 9.17) is 14.0 Å². The number of allylic oxidation sites excluding steroid dienone is 3. The van der Waals surface area contributed by atoms with E-state index in [1.807, 2.05) is 13.8 Å². The highest BCUT2D eigenvalue weighted by molar-refractivity contribution is 5.77. The maximum atomic E-state index is 14.5. The van der Waals surface area contributed by atoms with Crippen LogP contribution in [-0.2, 0) is 14.3 Å². The van der Waals surface area contributed by atoms with Gasteiger partial charge >= 0.3 is 0 Å². The van der Waals surface area contributed by atoms with Gasteiger partial charge in [0.05, 0.1) is 18.8 Å². The third-order valence-corrected chi connectivity index (χ3v) is 6.22. The Morgan fingerprint density at radius 3 is 2.70 bits per heavy atom. The van der Waals surface area contributed by atoms with Crippen LogP contribution in [0.25, 0.3) is 0 Å². The third kappa shape index (κ3) is 6.11. The molecule has 1 amide bonds. The Hall–Kier alpha value is -2.46. The van der Waals surface area contributed by atoms with Gasteiger partial charge in [-0.05, 0) is 30.2 Å². The van der Waals surface area contributed by atoms with E-state index < -0.39 is 18.2 Å². The van der Waals surface area contributed by atoms with Crippen LogP contribution in [0.1, 0.15) is 44.9 Å². The summed E-state index contributed by atoms with van der Waals surface area (Å²) in [6.07, 6.45) is 5.06. The van der Waals surface area contributed by atoms with Crippen LogP contribution >= 0.6 is 0 Å². The maximum Gasteiger partial charge on any atom is 0.266 e. The van der Waals surface area contributed by atoms with E-state index in [2.05, 4.69) is 15.0 Å². The molecule has 2 fully saturated rings. The van der Waals surface area contributed by atoms with Crippen LogP contribution in [0, 0.1) is 5.92 Å². The number of amides is 1. The van der Waals surface area contributed by atoms with Crippen LogP contribution in [0.5, 0.6) is 0 Å². The van der Waals surface area contributed by atoms with Crippen molar-refractivity contribution in [2.45, 2.75) is 57.4 Å². The van der Waals surface area contributed by atoms with Crippen molar-refractivity contribution in [2.75, 3.05) is 44.3 Å². The van der Waals surface area contributed by atoms with Gasteiger partial charge in [0.25, 0.3) is 5.95 Å². The second kappa shape index (κ2) is 10.6. The summed E-state index contributed by atoms with van der Waals surface area (Å²) in [5.41, 5.74) is 0. The highest BCUT2D eigenvalue weighted by Gasteiger charge is 2.32. The molecule has 0 radical (unpaired) electrons. The first-order chi connectivity index (χ1) is 15.9. The molecular formula is C23H33FN4O5. The molecule has 10 heteroatoms. The molecule has 2 saturated heterocycles. The SMILES string of the molecule is CC(C)c1nc(N2CCC(OCCOC3=CC(F)C(CC(=O)N4CC(O)C4)C=C3)CC2)no1. The highest BCUT2D eigenvalue weighted by atomic mass is 19.1. The fourth-order valence-electron chi connectivity index (χ4n) is 4.11. The van der Waals surface area contributed by atoms with E-state index in [0.29, 0.717) is 43.9 Å². The maximum absolute atomic E-state index is 14.5. The number of halogens is 1. The normalized spacial score (nSPS) is 24.2. The first-order valence-electron chi connectivity index (χ1n) is 11.7. The van der Waals surface area contributed by atoms with Crippen LogP contribution < -0.4 is 4.90 Å². The molecule has 1 N–H and O–H groups in total. The smallest absolute Gasteiger partial charge is 0.266 e. The summed E-state index contributed by atoms with van der Waals surface area (Å²) in [6, 6.07) is 0. The number of alkyl halides is 1. The Balaban J connectivity index is 1.11. The van der Waals surface area contributed by atoms with Crippen molar-refractivity contribution < 1.29 is 28.3 Å². The van der Waals surface area contributed by atoms with Gasteiger partial charge in [0.2, 0.25) is 11.8 Å². The number of likely N-dealkylation sites (tertiary alicyclic amines) is 1. The number of nitrogens with zero attached hydrogens (tertiary/aromatic N) is 4. The summed E-state index contributed by atoms with van der Waals surface area (Å²) >= 11 is 0. The first kappa shape index (κ1) is 23.7. The fraction of sp³-hybridized carbons (Fsp3) is 0.696. The van der Waals surface area contributed by atoms with E-state index >= 15 is 0 Å². The Morgan fingerprint density at radius 1 is 1.30 bits per heavy atom. The monoisotopic (exact) mass is 464 g/mol. The predicted molar refractivity (Wildman–Crippen MR) is 118 cm³/mol. The van der Waals surface area contributed by atoms with Gasteiger partial charge in [-0.1, -0.05) is 19.9 Å². The summed E-state index contributed by atoms with van der Waals surface area (Å²) in [4.78, 5) is 20.2. The third-order valence-electron chi connectivity index (χ3n) is 6.22. The molecule has 0 aromatic carbocycles. The minimum Gasteiger partial charge on any atom is -0.491 e. The van der Waals surface area contributed by atoms with Gasteiger partial charge < -0.3 is 28.9 Å². The molecule has 4 rings (SSSR count). The highest BCUT2D eigenvalue weighted by Crippen LogP contribution is 2.26. The van der Waals surface area contributed by atoms with E-state index in [-0.39, 0.29) is 24.3 Å². The molecule has 2 unspecified atom stereocenters. The zero-order valence-electron chi connectivity index (χ0n) is 19.2. The van der Waals surface area contributed by atoms with Crippen LogP contribution in [0.4, 0.5) is 10.3 Å². The van der Waals surface area contributed by atoms with Crippen molar-refractivity contribution in [3.8, 4) is 0 Å². The number of piperidine rings is 1. The second-order valence-electron chi connectivity index (χ2n) is 9.19. The minimum atomic E-state index is -1.27. The van der Waals surface area contributed by atoms with Crippen molar-refractivity contribution in [2.24, 2.45) is 5.92 Å². The van der Waals surface area contributed by atoms with Crippen LogP contribution in [0.2, 0.25) is 0 Å². The molecule has 2 aliphatic heterocycles. The van der Waals surface area contributed by atoms with E-state index in [1.54, 1.807) is 17.1 Å². The van der Waals surface area contributed by atoms with Crippen molar-refractivity contribution in [1.82, 2.24) is 15.0 Å². The lowest BCUT2D eigenvalue weighted by Gasteiger charge is -2.36. The van der Waals surface area contributed by atoms with E-state index in [1.165, 1.54) is 6.08 Å². The molecule has 0 bridgehead atoms. The molecule has 182 valence electrons. The zero-order chi connectivity index (χ0) is 23.4. The lowest BCUT2D eigenvalue weighted by Crippen LogP contribution is -2.53.